The highest BCUT2D eigenvalue weighted by Gasteiger charge is 2.25. The zero-order valence-corrected chi connectivity index (χ0v) is 19.6. The SMILES string of the molecule is CN=C(NCCc1c[nH]c2c(C)cccc12)NC1CCN(c2ncccc2F)C1.I. The van der Waals surface area contributed by atoms with Crippen molar-refractivity contribution in [2.75, 3.05) is 31.6 Å². The van der Waals surface area contributed by atoms with Crippen molar-refractivity contribution < 1.29 is 4.39 Å². The Kier molecular flexibility index (Phi) is 7.52. The lowest BCUT2D eigenvalue weighted by atomic mass is 10.1. The molecule has 1 aromatic carbocycles. The molecular formula is C22H28FIN6. The Morgan fingerprint density at radius 1 is 1.33 bits per heavy atom. The molecule has 1 aliphatic heterocycles. The van der Waals surface area contributed by atoms with Gasteiger partial charge in [-0.05, 0) is 43.0 Å². The fraction of sp³-hybridized carbons (Fsp3) is 0.364. The van der Waals surface area contributed by atoms with Crippen LogP contribution in [0.3, 0.4) is 0 Å². The maximum Gasteiger partial charge on any atom is 0.191 e. The van der Waals surface area contributed by atoms with Gasteiger partial charge in [-0.2, -0.15) is 0 Å². The minimum atomic E-state index is -0.273. The third kappa shape index (κ3) is 4.85. The Morgan fingerprint density at radius 3 is 3.00 bits per heavy atom. The van der Waals surface area contributed by atoms with Gasteiger partial charge in [0.2, 0.25) is 0 Å². The molecule has 0 spiro atoms. The molecule has 3 N–H and O–H groups in total. The standard InChI is InChI=1S/C22H27FN6.HI/c1-15-5-3-6-18-16(13-27-20(15)18)8-11-26-22(24-2)28-17-9-12-29(14-17)21-19(23)7-4-10-25-21;/h3-7,10,13,17,27H,8-9,11-12,14H2,1-2H3,(H2,24,26,28);1H. The molecular weight excluding hydrogens is 494 g/mol. The van der Waals surface area contributed by atoms with E-state index in [0.717, 1.165) is 31.9 Å². The second-order valence-electron chi connectivity index (χ2n) is 7.45. The number of aromatic nitrogens is 2. The summed E-state index contributed by atoms with van der Waals surface area (Å²) in [4.78, 5) is 13.9. The van der Waals surface area contributed by atoms with Gasteiger partial charge in [-0.1, -0.05) is 18.2 Å². The van der Waals surface area contributed by atoms with E-state index in [4.69, 9.17) is 0 Å². The predicted octanol–water partition coefficient (Wildman–Crippen LogP) is 3.61. The Bertz CT molecular complexity index is 1020. The zero-order valence-electron chi connectivity index (χ0n) is 17.3. The fourth-order valence-corrected chi connectivity index (χ4v) is 3.95. The van der Waals surface area contributed by atoms with Crippen molar-refractivity contribution in [3.05, 3.63) is 59.7 Å². The number of halogens is 2. The first kappa shape index (κ1) is 22.3. The van der Waals surface area contributed by atoms with Crippen molar-refractivity contribution in [3.8, 4) is 0 Å². The molecule has 1 saturated heterocycles. The van der Waals surface area contributed by atoms with E-state index in [-0.39, 0.29) is 35.8 Å². The van der Waals surface area contributed by atoms with Gasteiger partial charge in [0.25, 0.3) is 0 Å². The second kappa shape index (κ2) is 10.1. The molecule has 8 heteroatoms. The number of aromatic amines is 1. The highest BCUT2D eigenvalue weighted by Crippen LogP contribution is 2.22. The molecule has 1 unspecified atom stereocenters. The molecule has 6 nitrogen and oxygen atoms in total. The molecule has 30 heavy (non-hydrogen) atoms. The largest absolute Gasteiger partial charge is 0.361 e. The summed E-state index contributed by atoms with van der Waals surface area (Å²) < 4.78 is 14.0. The monoisotopic (exact) mass is 522 g/mol. The summed E-state index contributed by atoms with van der Waals surface area (Å²) in [5.41, 5.74) is 3.76. The summed E-state index contributed by atoms with van der Waals surface area (Å²) in [6, 6.07) is 9.65. The molecule has 3 heterocycles. The number of hydrogen-bond acceptors (Lipinski definition) is 3. The number of fused-ring (bicyclic) bond motifs is 1. The van der Waals surface area contributed by atoms with E-state index in [1.807, 2.05) is 4.90 Å². The lowest BCUT2D eigenvalue weighted by Crippen LogP contribution is -2.45. The van der Waals surface area contributed by atoms with Gasteiger partial charge in [0.15, 0.2) is 17.6 Å². The number of nitrogens with one attached hydrogen (secondary N) is 3. The molecule has 3 aromatic rings. The first-order chi connectivity index (χ1) is 14.2. The molecule has 1 aliphatic rings. The third-order valence-electron chi connectivity index (χ3n) is 5.49. The fourth-order valence-electron chi connectivity index (χ4n) is 3.95. The number of H-pyrrole nitrogens is 1. The number of guanidine groups is 1. The summed E-state index contributed by atoms with van der Waals surface area (Å²) in [5, 5.41) is 8.12. The zero-order chi connectivity index (χ0) is 20.2. The molecule has 1 atom stereocenters. The van der Waals surface area contributed by atoms with E-state index >= 15 is 0 Å². The van der Waals surface area contributed by atoms with Crippen molar-refractivity contribution in [1.82, 2.24) is 20.6 Å². The Hall–Kier alpha value is -2.36. The number of pyridine rings is 1. The molecule has 0 amide bonds. The van der Waals surface area contributed by atoms with Crippen LogP contribution in [0.25, 0.3) is 10.9 Å². The van der Waals surface area contributed by atoms with Crippen molar-refractivity contribution in [3.63, 3.8) is 0 Å². The van der Waals surface area contributed by atoms with Crippen molar-refractivity contribution in [2.45, 2.75) is 25.8 Å². The van der Waals surface area contributed by atoms with E-state index in [1.165, 1.54) is 28.1 Å². The van der Waals surface area contributed by atoms with Crippen LogP contribution in [0.4, 0.5) is 10.2 Å². The van der Waals surface area contributed by atoms with Crippen molar-refractivity contribution >= 4 is 46.7 Å². The first-order valence-electron chi connectivity index (χ1n) is 10.0. The summed E-state index contributed by atoms with van der Waals surface area (Å²) in [7, 11) is 1.77. The van der Waals surface area contributed by atoms with Gasteiger partial charge in [-0.25, -0.2) is 9.37 Å². The van der Waals surface area contributed by atoms with Crippen LogP contribution in [0.15, 0.2) is 47.7 Å². The van der Waals surface area contributed by atoms with Crippen LogP contribution in [-0.2, 0) is 6.42 Å². The highest BCUT2D eigenvalue weighted by atomic mass is 127. The summed E-state index contributed by atoms with van der Waals surface area (Å²) in [6.07, 6.45) is 5.54. The molecule has 4 rings (SSSR count). The first-order valence-corrected chi connectivity index (χ1v) is 10.0. The highest BCUT2D eigenvalue weighted by molar-refractivity contribution is 14.0. The van der Waals surface area contributed by atoms with Crippen LogP contribution >= 0.6 is 24.0 Å². The molecule has 2 aromatic heterocycles. The number of aryl methyl sites for hydroxylation is 1. The minimum Gasteiger partial charge on any atom is -0.361 e. The van der Waals surface area contributed by atoms with Gasteiger partial charge in [0, 0.05) is 56.0 Å². The van der Waals surface area contributed by atoms with Gasteiger partial charge >= 0.3 is 0 Å². The lowest BCUT2D eigenvalue weighted by molar-refractivity contribution is 0.612. The quantitative estimate of drug-likeness (QED) is 0.272. The van der Waals surface area contributed by atoms with Crippen molar-refractivity contribution in [2.24, 2.45) is 4.99 Å². The van der Waals surface area contributed by atoms with Gasteiger partial charge in [-0.15, -0.1) is 24.0 Å². The number of benzene rings is 1. The average Bonchev–Trinajstić information content (AvgIpc) is 3.36. The van der Waals surface area contributed by atoms with Crippen LogP contribution in [-0.4, -0.2) is 48.7 Å². The topological polar surface area (TPSA) is 68.3 Å². The molecule has 0 radical (unpaired) electrons. The molecule has 0 aliphatic carbocycles. The van der Waals surface area contributed by atoms with E-state index in [0.29, 0.717) is 12.4 Å². The van der Waals surface area contributed by atoms with Crippen LogP contribution in [0, 0.1) is 12.7 Å². The normalized spacial score (nSPS) is 16.6. The van der Waals surface area contributed by atoms with E-state index in [9.17, 15) is 4.39 Å². The maximum atomic E-state index is 14.0. The Labute approximate surface area is 193 Å². The molecule has 0 saturated carbocycles. The number of nitrogens with zero attached hydrogens (tertiary/aromatic N) is 3. The molecule has 160 valence electrons. The number of anilines is 1. The van der Waals surface area contributed by atoms with Gasteiger partial charge in [0.05, 0.1) is 0 Å². The van der Waals surface area contributed by atoms with E-state index in [2.05, 4.69) is 56.9 Å². The number of aliphatic imine (C=N–C) groups is 1. The number of hydrogen-bond donors (Lipinski definition) is 3. The molecule has 0 bridgehead atoms. The summed E-state index contributed by atoms with van der Waals surface area (Å²) in [5.74, 6) is 0.924. The van der Waals surface area contributed by atoms with E-state index < -0.39 is 0 Å². The molecule has 1 fully saturated rings. The van der Waals surface area contributed by atoms with Crippen LogP contribution < -0.4 is 15.5 Å². The van der Waals surface area contributed by atoms with Crippen LogP contribution in [0.1, 0.15) is 17.5 Å². The maximum absolute atomic E-state index is 14.0. The van der Waals surface area contributed by atoms with Gasteiger partial charge in [0.1, 0.15) is 0 Å². The van der Waals surface area contributed by atoms with Gasteiger partial charge < -0.3 is 20.5 Å². The lowest BCUT2D eigenvalue weighted by Gasteiger charge is -2.20. The van der Waals surface area contributed by atoms with Gasteiger partial charge in [-0.3, -0.25) is 4.99 Å². The van der Waals surface area contributed by atoms with Crippen molar-refractivity contribution in [1.29, 1.82) is 0 Å². The van der Waals surface area contributed by atoms with Crippen LogP contribution in [0.5, 0.6) is 0 Å². The third-order valence-corrected chi connectivity index (χ3v) is 5.49. The Balaban J connectivity index is 0.00000256. The number of rotatable bonds is 5. The number of para-hydroxylation sites is 1. The van der Waals surface area contributed by atoms with Crippen LogP contribution in [0.2, 0.25) is 0 Å². The minimum absolute atomic E-state index is 0. The predicted molar refractivity (Wildman–Crippen MR) is 131 cm³/mol. The Morgan fingerprint density at radius 2 is 2.20 bits per heavy atom. The average molecular weight is 522 g/mol. The smallest absolute Gasteiger partial charge is 0.191 e. The summed E-state index contributed by atoms with van der Waals surface area (Å²) >= 11 is 0. The van der Waals surface area contributed by atoms with E-state index in [1.54, 1.807) is 19.3 Å². The second-order valence-corrected chi connectivity index (χ2v) is 7.45. The summed E-state index contributed by atoms with van der Waals surface area (Å²) in [6.45, 7) is 4.38.